The van der Waals surface area contributed by atoms with Gasteiger partial charge in [-0.1, -0.05) is 29.3 Å². The van der Waals surface area contributed by atoms with E-state index in [0.29, 0.717) is 46.0 Å². The van der Waals surface area contributed by atoms with E-state index in [9.17, 15) is 4.79 Å². The van der Waals surface area contributed by atoms with Crippen LogP contribution in [-0.2, 0) is 28.9 Å². The number of halogens is 2. The molecule has 0 bridgehead atoms. The van der Waals surface area contributed by atoms with Gasteiger partial charge in [0.25, 0.3) is 5.09 Å². The number of hydrogen-bond acceptors (Lipinski definition) is 8. The predicted molar refractivity (Wildman–Crippen MR) is 139 cm³/mol. The van der Waals surface area contributed by atoms with Gasteiger partial charge < -0.3 is 24.0 Å². The van der Waals surface area contributed by atoms with Crippen LogP contribution in [0, 0.1) is 17.0 Å². The maximum Gasteiger partial charge on any atom is 0.350 e. The summed E-state index contributed by atoms with van der Waals surface area (Å²) < 4.78 is 23.3. The molecule has 1 fully saturated rings. The summed E-state index contributed by atoms with van der Waals surface area (Å²) >= 11 is 12.6. The van der Waals surface area contributed by atoms with Gasteiger partial charge in [-0.3, -0.25) is 0 Å². The van der Waals surface area contributed by atoms with Gasteiger partial charge in [-0.25, -0.2) is 19.0 Å². The average molecular weight is 579 g/mol. The molecule has 2 aromatic carbocycles. The van der Waals surface area contributed by atoms with E-state index in [1.807, 2.05) is 29.0 Å². The Morgan fingerprint density at radius 3 is 2.56 bits per heavy atom. The van der Waals surface area contributed by atoms with E-state index in [4.69, 9.17) is 52.7 Å². The molecule has 0 radical (unpaired) electrons. The minimum atomic E-state index is -1.50. The standard InChI is InChI=1S/C24H23Cl2N5O4.HNO3/c1-16-28-29(2)23(32)31(16)18-4-6-19(7-5-18)33-12-20-13-34-24(35-20,14-30-10-9-27-15-30)21-8-3-17(25)11-22(21)26;2-1(3)4/h3-11,15,20H,12-14H2,1-2H3;(H,2,3,4). The first-order chi connectivity index (χ1) is 18.6. The fraction of sp³-hybridized carbons (Fsp3) is 0.292. The lowest BCUT2D eigenvalue weighted by Crippen LogP contribution is -2.34. The average Bonchev–Trinajstić information content (AvgIpc) is 3.59. The second kappa shape index (κ2) is 11.9. The van der Waals surface area contributed by atoms with Crippen LogP contribution in [0.15, 0.2) is 66.0 Å². The van der Waals surface area contributed by atoms with Gasteiger partial charge in [0.05, 0.1) is 30.2 Å². The Morgan fingerprint density at radius 1 is 1.26 bits per heavy atom. The summed E-state index contributed by atoms with van der Waals surface area (Å²) in [4.78, 5) is 24.8. The molecule has 2 aromatic heterocycles. The molecule has 206 valence electrons. The molecule has 1 N–H and O–H groups in total. The lowest BCUT2D eigenvalue weighted by Gasteiger charge is -2.30. The third-order valence-electron chi connectivity index (χ3n) is 5.77. The molecule has 2 unspecified atom stereocenters. The highest BCUT2D eigenvalue weighted by atomic mass is 35.5. The lowest BCUT2D eigenvalue weighted by molar-refractivity contribution is -0.742. The lowest BCUT2D eigenvalue weighted by atomic mass is 10.1. The first-order valence-electron chi connectivity index (χ1n) is 11.5. The second-order valence-electron chi connectivity index (χ2n) is 8.49. The third-order valence-corrected chi connectivity index (χ3v) is 6.32. The molecule has 0 aliphatic carbocycles. The molecule has 2 atom stereocenters. The number of aromatic nitrogens is 5. The van der Waals surface area contributed by atoms with Gasteiger partial charge in [-0.05, 0) is 43.3 Å². The van der Waals surface area contributed by atoms with Crippen LogP contribution in [0.25, 0.3) is 5.69 Å². The second-order valence-corrected chi connectivity index (χ2v) is 9.34. The Bertz CT molecular complexity index is 1490. The molecule has 1 aliphatic heterocycles. The van der Waals surface area contributed by atoms with E-state index >= 15 is 0 Å². The van der Waals surface area contributed by atoms with Gasteiger partial charge in [-0.2, -0.15) is 5.10 Å². The SMILES string of the molecule is Cc1nn(C)c(=O)n1-c1ccc(OCC2COC(Cn3ccnc3)(c3ccc(Cl)cc3Cl)O2)cc1.O=[N+]([O-])O. The van der Waals surface area contributed by atoms with Crippen molar-refractivity contribution in [3.05, 3.63) is 103 Å². The zero-order chi connectivity index (χ0) is 28.2. The Labute approximate surface area is 231 Å². The summed E-state index contributed by atoms with van der Waals surface area (Å²) in [7, 11) is 1.62. The van der Waals surface area contributed by atoms with Crippen molar-refractivity contribution in [2.45, 2.75) is 25.4 Å². The molecule has 3 heterocycles. The quantitative estimate of drug-likeness (QED) is 0.257. The highest BCUT2D eigenvalue weighted by Crippen LogP contribution is 2.40. The molecule has 39 heavy (non-hydrogen) atoms. The Kier molecular flexibility index (Phi) is 8.55. The molecule has 4 aromatic rings. The first kappa shape index (κ1) is 28.1. The van der Waals surface area contributed by atoms with Crippen LogP contribution >= 0.6 is 23.2 Å². The van der Waals surface area contributed by atoms with Gasteiger partial charge in [-0.15, -0.1) is 10.1 Å². The molecule has 13 nitrogen and oxygen atoms in total. The highest BCUT2D eigenvalue weighted by molar-refractivity contribution is 6.35. The smallest absolute Gasteiger partial charge is 0.350 e. The van der Waals surface area contributed by atoms with Crippen molar-refractivity contribution in [3.63, 3.8) is 0 Å². The van der Waals surface area contributed by atoms with Crippen molar-refractivity contribution in [2.75, 3.05) is 13.2 Å². The highest BCUT2D eigenvalue weighted by Gasteiger charge is 2.45. The zero-order valence-electron chi connectivity index (χ0n) is 20.8. The van der Waals surface area contributed by atoms with E-state index < -0.39 is 10.9 Å². The van der Waals surface area contributed by atoms with Gasteiger partial charge >= 0.3 is 5.69 Å². The molecule has 1 aliphatic rings. The van der Waals surface area contributed by atoms with E-state index in [-0.39, 0.29) is 18.4 Å². The molecule has 5 rings (SSSR count). The van der Waals surface area contributed by atoms with Crippen LogP contribution in [0.1, 0.15) is 11.4 Å². The topological polar surface area (TPSA) is 149 Å². The monoisotopic (exact) mass is 578 g/mol. The van der Waals surface area contributed by atoms with Crippen LogP contribution in [0.3, 0.4) is 0 Å². The van der Waals surface area contributed by atoms with Gasteiger partial charge in [0.15, 0.2) is 0 Å². The zero-order valence-corrected chi connectivity index (χ0v) is 22.3. The molecule has 0 amide bonds. The van der Waals surface area contributed by atoms with Crippen molar-refractivity contribution in [3.8, 4) is 11.4 Å². The predicted octanol–water partition coefficient (Wildman–Crippen LogP) is 3.38. The molecule has 0 saturated carbocycles. The van der Waals surface area contributed by atoms with E-state index in [0.717, 1.165) is 0 Å². The summed E-state index contributed by atoms with van der Waals surface area (Å²) in [5.41, 5.74) is 1.19. The fourth-order valence-electron chi connectivity index (χ4n) is 4.14. The normalized spacial score (nSPS) is 18.4. The number of rotatable bonds is 7. The van der Waals surface area contributed by atoms with E-state index in [1.165, 1.54) is 9.25 Å². The number of hydrogen-bond donors (Lipinski definition) is 1. The number of aryl methyl sites for hydroxylation is 2. The van der Waals surface area contributed by atoms with Crippen LogP contribution in [0.2, 0.25) is 10.0 Å². The summed E-state index contributed by atoms with van der Waals surface area (Å²) in [6.45, 7) is 2.73. The van der Waals surface area contributed by atoms with Crippen LogP contribution in [0.4, 0.5) is 0 Å². The largest absolute Gasteiger partial charge is 0.491 e. The van der Waals surface area contributed by atoms with E-state index in [2.05, 4.69) is 10.1 Å². The van der Waals surface area contributed by atoms with Crippen molar-refractivity contribution in [2.24, 2.45) is 7.05 Å². The van der Waals surface area contributed by atoms with Crippen LogP contribution in [0.5, 0.6) is 5.75 Å². The van der Waals surface area contributed by atoms with Crippen molar-refractivity contribution in [1.29, 1.82) is 0 Å². The van der Waals surface area contributed by atoms with Gasteiger partial charge in [0.1, 0.15) is 24.3 Å². The number of nitrogens with zero attached hydrogens (tertiary/aromatic N) is 6. The summed E-state index contributed by atoms with van der Waals surface area (Å²) in [6.07, 6.45) is 4.88. The Balaban J connectivity index is 0.000000826. The van der Waals surface area contributed by atoms with Crippen molar-refractivity contribution >= 4 is 23.2 Å². The molecular formula is C24H24Cl2N6O7. The van der Waals surface area contributed by atoms with Crippen molar-refractivity contribution in [1.82, 2.24) is 23.9 Å². The maximum absolute atomic E-state index is 12.3. The molecule has 1 saturated heterocycles. The summed E-state index contributed by atoms with van der Waals surface area (Å²) in [5.74, 6) is 0.139. The summed E-state index contributed by atoms with van der Waals surface area (Å²) in [5, 5.41) is 18.8. The van der Waals surface area contributed by atoms with Gasteiger partial charge in [0.2, 0.25) is 5.79 Å². The Morgan fingerprint density at radius 2 is 1.97 bits per heavy atom. The number of imidazole rings is 1. The first-order valence-corrected chi connectivity index (χ1v) is 12.3. The third kappa shape index (κ3) is 6.57. The number of benzene rings is 2. The molecule has 0 spiro atoms. The molecular weight excluding hydrogens is 555 g/mol. The number of ether oxygens (including phenoxy) is 3. The summed E-state index contributed by atoms with van der Waals surface area (Å²) in [6, 6.07) is 12.5. The minimum Gasteiger partial charge on any atom is -0.491 e. The van der Waals surface area contributed by atoms with Gasteiger partial charge in [0, 0.05) is 30.0 Å². The van der Waals surface area contributed by atoms with Crippen LogP contribution in [-0.4, -0.2) is 53.5 Å². The van der Waals surface area contributed by atoms with E-state index in [1.54, 1.807) is 50.8 Å². The van der Waals surface area contributed by atoms with Crippen molar-refractivity contribution < 1.29 is 24.5 Å². The minimum absolute atomic E-state index is 0.206. The van der Waals surface area contributed by atoms with Crippen LogP contribution < -0.4 is 10.4 Å². The fourth-order valence-corrected chi connectivity index (χ4v) is 4.69. The maximum atomic E-state index is 12.3. The Hall–Kier alpha value is -3.91. The molecule has 15 heteroatoms.